The molecule has 0 unspecified atom stereocenters. The zero-order chi connectivity index (χ0) is 12.5. The maximum atomic E-state index is 11.2. The highest BCUT2D eigenvalue weighted by atomic mass is 16.1. The third-order valence-corrected chi connectivity index (χ3v) is 3.29. The Morgan fingerprint density at radius 2 is 1.82 bits per heavy atom. The summed E-state index contributed by atoms with van der Waals surface area (Å²) in [5, 5.41) is 2.67. The van der Waals surface area contributed by atoms with Crippen molar-refractivity contribution in [3.05, 3.63) is 0 Å². The van der Waals surface area contributed by atoms with E-state index in [2.05, 4.69) is 15.1 Å². The van der Waals surface area contributed by atoms with Crippen molar-refractivity contribution in [3.63, 3.8) is 0 Å². The summed E-state index contributed by atoms with van der Waals surface area (Å²) in [7, 11) is 1.69. The Morgan fingerprint density at radius 1 is 1.18 bits per heavy atom. The Labute approximate surface area is 104 Å². The van der Waals surface area contributed by atoms with E-state index in [0.717, 1.165) is 52.2 Å². The number of hydrogen-bond donors (Lipinski definition) is 2. The summed E-state index contributed by atoms with van der Waals surface area (Å²) in [6.45, 7) is 7.21. The summed E-state index contributed by atoms with van der Waals surface area (Å²) in [5.74, 6) is 0.134. The average Bonchev–Trinajstić information content (AvgIpc) is 2.58. The van der Waals surface area contributed by atoms with Crippen LogP contribution in [0.25, 0.3) is 0 Å². The van der Waals surface area contributed by atoms with Crippen LogP contribution in [0.4, 0.5) is 0 Å². The molecule has 17 heavy (non-hydrogen) atoms. The number of nitrogens with two attached hydrogens (primary N) is 1. The summed E-state index contributed by atoms with van der Waals surface area (Å²) in [6.07, 6.45) is 2.88. The van der Waals surface area contributed by atoms with Crippen molar-refractivity contribution in [1.29, 1.82) is 0 Å². The van der Waals surface area contributed by atoms with Gasteiger partial charge < -0.3 is 20.9 Å². The van der Waals surface area contributed by atoms with Crippen LogP contribution in [-0.4, -0.2) is 68.6 Å². The van der Waals surface area contributed by atoms with Crippen molar-refractivity contribution in [2.24, 2.45) is 5.73 Å². The number of carbonyl (C=O) groups is 1. The van der Waals surface area contributed by atoms with Crippen molar-refractivity contribution in [2.45, 2.75) is 19.3 Å². The van der Waals surface area contributed by atoms with Crippen molar-refractivity contribution in [3.8, 4) is 0 Å². The quantitative estimate of drug-likeness (QED) is 0.658. The van der Waals surface area contributed by atoms with E-state index in [1.54, 1.807) is 7.05 Å². The van der Waals surface area contributed by atoms with Gasteiger partial charge in [0.05, 0.1) is 0 Å². The SMILES string of the molecule is CNC(=O)CCN1CCCN(CCCN)CC1. The molecule has 0 aliphatic carbocycles. The molecule has 100 valence electrons. The lowest BCUT2D eigenvalue weighted by atomic mass is 10.3. The molecule has 1 aliphatic rings. The smallest absolute Gasteiger partial charge is 0.221 e. The molecule has 1 amide bonds. The molecule has 1 rings (SSSR count). The normalized spacial score (nSPS) is 18.9. The summed E-state index contributed by atoms with van der Waals surface area (Å²) >= 11 is 0. The average molecular weight is 242 g/mol. The van der Waals surface area contributed by atoms with E-state index >= 15 is 0 Å². The first-order valence-electron chi connectivity index (χ1n) is 6.61. The Balaban J connectivity index is 2.20. The van der Waals surface area contributed by atoms with E-state index in [4.69, 9.17) is 5.73 Å². The van der Waals surface area contributed by atoms with Crippen LogP contribution < -0.4 is 11.1 Å². The number of carbonyl (C=O) groups excluding carboxylic acids is 1. The maximum Gasteiger partial charge on any atom is 0.221 e. The molecule has 0 aromatic rings. The third-order valence-electron chi connectivity index (χ3n) is 3.29. The van der Waals surface area contributed by atoms with Crippen LogP contribution in [-0.2, 0) is 4.79 Å². The van der Waals surface area contributed by atoms with Crippen molar-refractivity contribution in [1.82, 2.24) is 15.1 Å². The second-order valence-electron chi connectivity index (χ2n) is 4.60. The fourth-order valence-corrected chi connectivity index (χ4v) is 2.17. The lowest BCUT2D eigenvalue weighted by molar-refractivity contribution is -0.120. The molecule has 0 aromatic carbocycles. The molecule has 0 spiro atoms. The molecule has 5 nitrogen and oxygen atoms in total. The molecule has 0 atom stereocenters. The molecule has 1 heterocycles. The van der Waals surface area contributed by atoms with Crippen LogP contribution in [0.3, 0.4) is 0 Å². The van der Waals surface area contributed by atoms with Crippen molar-refractivity contribution >= 4 is 5.91 Å². The molecular weight excluding hydrogens is 216 g/mol. The van der Waals surface area contributed by atoms with E-state index in [1.165, 1.54) is 6.42 Å². The van der Waals surface area contributed by atoms with Gasteiger partial charge in [-0.05, 0) is 39.0 Å². The first kappa shape index (κ1) is 14.4. The lowest BCUT2D eigenvalue weighted by Crippen LogP contribution is -2.34. The maximum absolute atomic E-state index is 11.2. The minimum absolute atomic E-state index is 0.134. The Kier molecular flexibility index (Phi) is 7.16. The monoisotopic (exact) mass is 242 g/mol. The first-order chi connectivity index (χ1) is 8.26. The van der Waals surface area contributed by atoms with Crippen molar-refractivity contribution < 1.29 is 4.79 Å². The van der Waals surface area contributed by atoms with Crippen LogP contribution in [0.1, 0.15) is 19.3 Å². The summed E-state index contributed by atoms with van der Waals surface area (Å²) in [5.41, 5.74) is 5.53. The van der Waals surface area contributed by atoms with E-state index in [-0.39, 0.29) is 5.91 Å². The van der Waals surface area contributed by atoms with Gasteiger partial charge >= 0.3 is 0 Å². The van der Waals surface area contributed by atoms with Crippen molar-refractivity contribution in [2.75, 3.05) is 52.9 Å². The first-order valence-corrected chi connectivity index (χ1v) is 6.61. The van der Waals surface area contributed by atoms with Crippen LogP contribution in [0, 0.1) is 0 Å². The Hall–Kier alpha value is -0.650. The summed E-state index contributed by atoms with van der Waals surface area (Å²) < 4.78 is 0. The number of rotatable bonds is 6. The van der Waals surface area contributed by atoms with Gasteiger partial charge in [0.25, 0.3) is 0 Å². The highest BCUT2D eigenvalue weighted by molar-refractivity contribution is 5.75. The predicted molar refractivity (Wildman–Crippen MR) is 69.9 cm³/mol. The fourth-order valence-electron chi connectivity index (χ4n) is 2.17. The molecule has 0 bridgehead atoms. The van der Waals surface area contributed by atoms with Gasteiger partial charge in [0.15, 0.2) is 0 Å². The zero-order valence-corrected chi connectivity index (χ0v) is 11.0. The lowest BCUT2D eigenvalue weighted by Gasteiger charge is -2.21. The molecule has 0 aromatic heterocycles. The van der Waals surface area contributed by atoms with Gasteiger partial charge in [0.2, 0.25) is 5.91 Å². The minimum Gasteiger partial charge on any atom is -0.359 e. The van der Waals surface area contributed by atoms with Crippen LogP contribution in [0.5, 0.6) is 0 Å². The van der Waals surface area contributed by atoms with Gasteiger partial charge in [-0.25, -0.2) is 0 Å². The topological polar surface area (TPSA) is 61.6 Å². The van der Waals surface area contributed by atoms with E-state index in [0.29, 0.717) is 6.42 Å². The second kappa shape index (κ2) is 8.44. The fraction of sp³-hybridized carbons (Fsp3) is 0.917. The second-order valence-corrected chi connectivity index (χ2v) is 4.60. The minimum atomic E-state index is 0.134. The van der Waals surface area contributed by atoms with Gasteiger partial charge in [-0.3, -0.25) is 4.79 Å². The Bertz CT molecular complexity index is 223. The number of nitrogens with zero attached hydrogens (tertiary/aromatic N) is 2. The molecule has 1 saturated heterocycles. The van der Waals surface area contributed by atoms with Crippen LogP contribution in [0.2, 0.25) is 0 Å². The molecule has 0 radical (unpaired) electrons. The summed E-state index contributed by atoms with van der Waals surface area (Å²) in [6, 6.07) is 0. The highest BCUT2D eigenvalue weighted by Crippen LogP contribution is 2.04. The summed E-state index contributed by atoms with van der Waals surface area (Å²) in [4.78, 5) is 16.0. The van der Waals surface area contributed by atoms with E-state index in [1.807, 2.05) is 0 Å². The highest BCUT2D eigenvalue weighted by Gasteiger charge is 2.14. The zero-order valence-electron chi connectivity index (χ0n) is 11.0. The predicted octanol–water partition coefficient (Wildman–Crippen LogP) is -0.521. The number of nitrogens with one attached hydrogen (secondary N) is 1. The molecule has 5 heteroatoms. The molecule has 3 N–H and O–H groups in total. The number of amides is 1. The van der Waals surface area contributed by atoms with Gasteiger partial charge in [-0.2, -0.15) is 0 Å². The Morgan fingerprint density at radius 3 is 2.41 bits per heavy atom. The van der Waals surface area contributed by atoms with Crippen LogP contribution >= 0.6 is 0 Å². The number of hydrogen-bond acceptors (Lipinski definition) is 4. The van der Waals surface area contributed by atoms with Gasteiger partial charge in [0, 0.05) is 33.1 Å². The van der Waals surface area contributed by atoms with Crippen LogP contribution in [0.15, 0.2) is 0 Å². The standard InChI is InChI=1S/C12H26N4O/c1-14-12(17)4-9-16-8-3-7-15(10-11-16)6-2-5-13/h2-11,13H2,1H3,(H,14,17). The molecule has 0 saturated carbocycles. The van der Waals surface area contributed by atoms with E-state index < -0.39 is 0 Å². The largest absolute Gasteiger partial charge is 0.359 e. The van der Waals surface area contributed by atoms with E-state index in [9.17, 15) is 4.79 Å². The molecule has 1 fully saturated rings. The van der Waals surface area contributed by atoms with Gasteiger partial charge in [-0.1, -0.05) is 0 Å². The van der Waals surface area contributed by atoms with Gasteiger partial charge in [-0.15, -0.1) is 0 Å². The third kappa shape index (κ3) is 6.00. The molecule has 1 aliphatic heterocycles. The molecular formula is C12H26N4O. The van der Waals surface area contributed by atoms with Gasteiger partial charge in [0.1, 0.15) is 0 Å².